The summed E-state index contributed by atoms with van der Waals surface area (Å²) in [5.41, 5.74) is 2.31. The highest BCUT2D eigenvalue weighted by Gasteiger charge is 2.05. The lowest BCUT2D eigenvalue weighted by Gasteiger charge is -2.20. The molecule has 29 heavy (non-hydrogen) atoms. The normalized spacial score (nSPS) is 10.7. The minimum Gasteiger partial charge on any atom is -0.497 e. The van der Waals surface area contributed by atoms with E-state index < -0.39 is 0 Å². The maximum absolute atomic E-state index is 11.7. The second-order valence-electron chi connectivity index (χ2n) is 7.12. The summed E-state index contributed by atoms with van der Waals surface area (Å²) in [5, 5.41) is 2.82. The van der Waals surface area contributed by atoms with Crippen LogP contribution in [-0.2, 0) is 17.9 Å². The molecule has 2 aromatic carbocycles. The average molecular weight is 399 g/mol. The molecule has 0 saturated carbocycles. The summed E-state index contributed by atoms with van der Waals surface area (Å²) in [4.78, 5) is 14.2. The lowest BCUT2D eigenvalue weighted by atomic mass is 10.1. The standard InChI is InChI=1S/C24H34N2O3/c1-3-26(19-21-13-15-23(28-2)16-14-21)18-10-5-4-9-17-25-24(27)29-20-22-11-7-6-8-12-22/h6-8,11-16H,3-5,9-10,17-20H2,1-2H3,(H,25,27). The van der Waals surface area contributed by atoms with Crippen LogP contribution in [0.1, 0.15) is 43.7 Å². The van der Waals surface area contributed by atoms with Crippen molar-refractivity contribution in [1.82, 2.24) is 10.2 Å². The molecule has 0 aliphatic rings. The zero-order valence-corrected chi connectivity index (χ0v) is 17.7. The van der Waals surface area contributed by atoms with Gasteiger partial charge in [-0.15, -0.1) is 0 Å². The van der Waals surface area contributed by atoms with E-state index >= 15 is 0 Å². The second-order valence-corrected chi connectivity index (χ2v) is 7.12. The minimum absolute atomic E-state index is 0.313. The van der Waals surface area contributed by atoms with Crippen molar-refractivity contribution < 1.29 is 14.3 Å². The van der Waals surface area contributed by atoms with Gasteiger partial charge >= 0.3 is 6.09 Å². The number of carbonyl (C=O) groups excluding carboxylic acids is 1. The number of hydrogen-bond acceptors (Lipinski definition) is 4. The lowest BCUT2D eigenvalue weighted by molar-refractivity contribution is 0.139. The summed E-state index contributed by atoms with van der Waals surface area (Å²) >= 11 is 0. The third-order valence-corrected chi connectivity index (χ3v) is 4.90. The smallest absolute Gasteiger partial charge is 0.407 e. The van der Waals surface area contributed by atoms with Crippen molar-refractivity contribution in [1.29, 1.82) is 0 Å². The van der Waals surface area contributed by atoms with Crippen LogP contribution < -0.4 is 10.1 Å². The monoisotopic (exact) mass is 398 g/mol. The molecule has 0 bridgehead atoms. The number of alkyl carbamates (subject to hydrolysis) is 1. The Balaban J connectivity index is 1.50. The van der Waals surface area contributed by atoms with E-state index in [2.05, 4.69) is 29.3 Å². The average Bonchev–Trinajstić information content (AvgIpc) is 2.77. The van der Waals surface area contributed by atoms with E-state index in [-0.39, 0.29) is 6.09 Å². The molecule has 0 fully saturated rings. The van der Waals surface area contributed by atoms with Gasteiger partial charge in [0.15, 0.2) is 0 Å². The van der Waals surface area contributed by atoms with Crippen LogP contribution >= 0.6 is 0 Å². The van der Waals surface area contributed by atoms with Crippen molar-refractivity contribution in [2.75, 3.05) is 26.7 Å². The molecule has 0 atom stereocenters. The molecular weight excluding hydrogens is 364 g/mol. The van der Waals surface area contributed by atoms with Gasteiger partial charge in [-0.05, 0) is 49.2 Å². The topological polar surface area (TPSA) is 50.8 Å². The summed E-state index contributed by atoms with van der Waals surface area (Å²) in [5.74, 6) is 0.898. The maximum atomic E-state index is 11.7. The Bertz CT molecular complexity index is 689. The SMILES string of the molecule is CCN(CCCCCCNC(=O)OCc1ccccc1)Cc1ccc(OC)cc1. The van der Waals surface area contributed by atoms with Crippen LogP contribution in [0, 0.1) is 0 Å². The number of rotatable bonds is 13. The molecule has 1 amide bonds. The van der Waals surface area contributed by atoms with Gasteiger partial charge in [0.05, 0.1) is 7.11 Å². The van der Waals surface area contributed by atoms with Crippen molar-refractivity contribution >= 4 is 6.09 Å². The minimum atomic E-state index is -0.342. The highest BCUT2D eigenvalue weighted by Crippen LogP contribution is 2.13. The van der Waals surface area contributed by atoms with Crippen molar-refractivity contribution in [2.24, 2.45) is 0 Å². The van der Waals surface area contributed by atoms with Gasteiger partial charge in [-0.2, -0.15) is 0 Å². The van der Waals surface area contributed by atoms with Crippen molar-refractivity contribution in [3.63, 3.8) is 0 Å². The summed E-state index contributed by atoms with van der Waals surface area (Å²) < 4.78 is 10.4. The Kier molecular flexibility index (Phi) is 10.7. The third-order valence-electron chi connectivity index (χ3n) is 4.90. The number of methoxy groups -OCH3 is 1. The Morgan fingerprint density at radius 1 is 0.931 bits per heavy atom. The van der Waals surface area contributed by atoms with Gasteiger partial charge in [0.1, 0.15) is 12.4 Å². The van der Waals surface area contributed by atoms with Crippen molar-refractivity contribution in [2.45, 2.75) is 45.8 Å². The van der Waals surface area contributed by atoms with Gasteiger partial charge in [0, 0.05) is 13.1 Å². The molecule has 0 radical (unpaired) electrons. The fraction of sp³-hybridized carbons (Fsp3) is 0.458. The maximum Gasteiger partial charge on any atom is 0.407 e. The second kappa shape index (κ2) is 13.6. The molecule has 158 valence electrons. The number of carbonyl (C=O) groups is 1. The molecule has 0 heterocycles. The number of benzene rings is 2. The first-order valence-electron chi connectivity index (χ1n) is 10.5. The van der Waals surface area contributed by atoms with E-state index in [1.54, 1.807) is 7.11 Å². The summed E-state index contributed by atoms with van der Waals surface area (Å²) in [6.07, 6.45) is 4.08. The van der Waals surface area contributed by atoms with E-state index in [1.165, 1.54) is 18.4 Å². The fourth-order valence-electron chi connectivity index (χ4n) is 3.12. The first-order chi connectivity index (χ1) is 14.2. The first kappa shape index (κ1) is 22.8. The van der Waals surface area contributed by atoms with Crippen molar-refractivity contribution in [3.8, 4) is 5.75 Å². The Hall–Kier alpha value is -2.53. The number of hydrogen-bond donors (Lipinski definition) is 1. The van der Waals surface area contributed by atoms with Crippen LogP contribution in [0.5, 0.6) is 5.75 Å². The predicted octanol–water partition coefficient (Wildman–Crippen LogP) is 5.00. The predicted molar refractivity (Wildman–Crippen MR) is 117 cm³/mol. The molecule has 0 aliphatic heterocycles. The van der Waals surface area contributed by atoms with Gasteiger partial charge < -0.3 is 14.8 Å². The van der Waals surface area contributed by atoms with Crippen LogP contribution in [0.4, 0.5) is 4.79 Å². The molecule has 2 aromatic rings. The Labute approximate surface area is 175 Å². The molecular formula is C24H34N2O3. The van der Waals surface area contributed by atoms with Gasteiger partial charge in [0.2, 0.25) is 0 Å². The van der Waals surface area contributed by atoms with E-state index in [0.29, 0.717) is 13.2 Å². The van der Waals surface area contributed by atoms with Crippen LogP contribution in [0.15, 0.2) is 54.6 Å². The highest BCUT2D eigenvalue weighted by atomic mass is 16.5. The van der Waals surface area contributed by atoms with Gasteiger partial charge in [-0.1, -0.05) is 62.2 Å². The molecule has 1 N–H and O–H groups in total. The Morgan fingerprint density at radius 3 is 2.34 bits per heavy atom. The molecule has 5 nitrogen and oxygen atoms in total. The van der Waals surface area contributed by atoms with Crippen LogP contribution in [0.3, 0.4) is 0 Å². The van der Waals surface area contributed by atoms with Crippen LogP contribution in [0.25, 0.3) is 0 Å². The van der Waals surface area contributed by atoms with E-state index in [9.17, 15) is 4.79 Å². The van der Waals surface area contributed by atoms with Crippen molar-refractivity contribution in [3.05, 3.63) is 65.7 Å². The molecule has 0 unspecified atom stereocenters. The summed E-state index contributed by atoms with van der Waals surface area (Å²) in [6.45, 7) is 6.28. The molecule has 0 spiro atoms. The van der Waals surface area contributed by atoms with E-state index in [0.717, 1.165) is 43.8 Å². The quantitative estimate of drug-likeness (QED) is 0.482. The molecule has 0 saturated heterocycles. The molecule has 5 heteroatoms. The fourth-order valence-corrected chi connectivity index (χ4v) is 3.12. The zero-order valence-electron chi connectivity index (χ0n) is 17.7. The van der Waals surface area contributed by atoms with Crippen LogP contribution in [-0.4, -0.2) is 37.7 Å². The summed E-state index contributed by atoms with van der Waals surface area (Å²) in [7, 11) is 1.69. The number of nitrogens with one attached hydrogen (secondary N) is 1. The molecule has 2 rings (SSSR count). The molecule has 0 aliphatic carbocycles. The highest BCUT2D eigenvalue weighted by molar-refractivity contribution is 5.67. The number of unbranched alkanes of at least 4 members (excludes halogenated alkanes) is 3. The number of ether oxygens (including phenoxy) is 2. The number of nitrogens with zero attached hydrogens (tertiary/aromatic N) is 1. The van der Waals surface area contributed by atoms with E-state index in [4.69, 9.17) is 9.47 Å². The lowest BCUT2D eigenvalue weighted by Crippen LogP contribution is -2.25. The molecule has 0 aromatic heterocycles. The summed E-state index contributed by atoms with van der Waals surface area (Å²) in [6, 6.07) is 18.0. The van der Waals surface area contributed by atoms with Crippen LogP contribution in [0.2, 0.25) is 0 Å². The third kappa shape index (κ3) is 9.48. The van der Waals surface area contributed by atoms with Gasteiger partial charge in [0.25, 0.3) is 0 Å². The first-order valence-corrected chi connectivity index (χ1v) is 10.5. The van der Waals surface area contributed by atoms with Gasteiger partial charge in [-0.25, -0.2) is 4.79 Å². The zero-order chi connectivity index (χ0) is 20.7. The largest absolute Gasteiger partial charge is 0.497 e. The Morgan fingerprint density at radius 2 is 1.66 bits per heavy atom. The van der Waals surface area contributed by atoms with Gasteiger partial charge in [-0.3, -0.25) is 4.90 Å². The number of amides is 1. The van der Waals surface area contributed by atoms with E-state index in [1.807, 2.05) is 42.5 Å².